The van der Waals surface area contributed by atoms with Crippen molar-refractivity contribution in [3.05, 3.63) is 46.5 Å². The summed E-state index contributed by atoms with van der Waals surface area (Å²) >= 11 is 1.75. The first-order valence-electron chi connectivity index (χ1n) is 7.60. The van der Waals surface area contributed by atoms with E-state index in [2.05, 4.69) is 44.8 Å². The Morgan fingerprint density at radius 3 is 2.65 bits per heavy atom. The van der Waals surface area contributed by atoms with Crippen molar-refractivity contribution in [2.75, 3.05) is 0 Å². The highest BCUT2D eigenvalue weighted by atomic mass is 32.2. The highest BCUT2D eigenvalue weighted by molar-refractivity contribution is 8.00. The van der Waals surface area contributed by atoms with Gasteiger partial charge < -0.3 is 9.55 Å². The van der Waals surface area contributed by atoms with Gasteiger partial charge in [0.25, 0.3) is 5.56 Å². The summed E-state index contributed by atoms with van der Waals surface area (Å²) in [6.07, 6.45) is 3.68. The maximum atomic E-state index is 12.2. The van der Waals surface area contributed by atoms with Crippen molar-refractivity contribution >= 4 is 22.7 Å². The van der Waals surface area contributed by atoms with Crippen LogP contribution in [0.1, 0.15) is 26.3 Å². The van der Waals surface area contributed by atoms with Crippen LogP contribution < -0.4 is 5.56 Å². The molecule has 3 aromatic rings. The molecule has 0 atom stereocenters. The standard InChI is InChI=1S/C18H21N3OS/c1-11-6-7-14(23-18(2,3)4)20-15(11)13-10-21(5)17(22)16-12(13)8-9-19-16/h6-10,19H,1-5H3. The van der Waals surface area contributed by atoms with Gasteiger partial charge >= 0.3 is 0 Å². The molecular weight excluding hydrogens is 306 g/mol. The number of aryl methyl sites for hydroxylation is 2. The molecule has 5 heteroatoms. The Hall–Kier alpha value is -2.01. The van der Waals surface area contributed by atoms with Gasteiger partial charge in [-0.25, -0.2) is 4.98 Å². The number of aromatic amines is 1. The molecule has 0 aliphatic rings. The number of H-pyrrole nitrogens is 1. The summed E-state index contributed by atoms with van der Waals surface area (Å²) in [7, 11) is 1.77. The summed E-state index contributed by atoms with van der Waals surface area (Å²) in [5, 5.41) is 1.91. The van der Waals surface area contributed by atoms with E-state index in [4.69, 9.17) is 4.98 Å². The zero-order valence-electron chi connectivity index (χ0n) is 14.1. The SMILES string of the molecule is Cc1ccc(SC(C)(C)C)nc1-c1cn(C)c(=O)c2[nH]ccc12. The van der Waals surface area contributed by atoms with Crippen LogP contribution in [0.25, 0.3) is 22.2 Å². The Morgan fingerprint density at radius 1 is 1.22 bits per heavy atom. The van der Waals surface area contributed by atoms with Gasteiger partial charge in [0.05, 0.1) is 10.7 Å². The lowest BCUT2D eigenvalue weighted by Crippen LogP contribution is -2.16. The van der Waals surface area contributed by atoms with Crippen LogP contribution in [0.5, 0.6) is 0 Å². The molecular formula is C18H21N3OS. The van der Waals surface area contributed by atoms with Crippen molar-refractivity contribution < 1.29 is 0 Å². The highest BCUT2D eigenvalue weighted by Gasteiger charge is 2.17. The average Bonchev–Trinajstić information content (AvgIpc) is 2.93. The van der Waals surface area contributed by atoms with Crippen molar-refractivity contribution in [2.45, 2.75) is 37.5 Å². The van der Waals surface area contributed by atoms with Gasteiger partial charge in [0.1, 0.15) is 5.52 Å². The molecule has 0 fully saturated rings. The minimum absolute atomic E-state index is 0.0216. The van der Waals surface area contributed by atoms with Gasteiger partial charge in [0.2, 0.25) is 0 Å². The van der Waals surface area contributed by atoms with Crippen LogP contribution in [0.2, 0.25) is 0 Å². The van der Waals surface area contributed by atoms with E-state index in [1.54, 1.807) is 29.6 Å². The molecule has 0 saturated carbocycles. The van der Waals surface area contributed by atoms with Gasteiger partial charge in [-0.1, -0.05) is 26.8 Å². The Labute approximate surface area is 140 Å². The van der Waals surface area contributed by atoms with Crippen LogP contribution in [0.4, 0.5) is 0 Å². The van der Waals surface area contributed by atoms with Crippen molar-refractivity contribution in [1.82, 2.24) is 14.5 Å². The largest absolute Gasteiger partial charge is 0.357 e. The molecule has 0 aromatic carbocycles. The molecule has 23 heavy (non-hydrogen) atoms. The number of aromatic nitrogens is 3. The lowest BCUT2D eigenvalue weighted by molar-refractivity contribution is 0.799. The van der Waals surface area contributed by atoms with Crippen LogP contribution in [0.3, 0.4) is 0 Å². The number of nitrogens with zero attached hydrogens (tertiary/aromatic N) is 2. The van der Waals surface area contributed by atoms with Crippen molar-refractivity contribution in [1.29, 1.82) is 0 Å². The number of pyridine rings is 2. The van der Waals surface area contributed by atoms with Gasteiger partial charge in [0.15, 0.2) is 0 Å². The van der Waals surface area contributed by atoms with Gasteiger partial charge in [0, 0.05) is 35.1 Å². The van der Waals surface area contributed by atoms with Crippen molar-refractivity contribution in [3.8, 4) is 11.3 Å². The number of thioether (sulfide) groups is 1. The first-order chi connectivity index (χ1) is 10.8. The number of nitrogens with one attached hydrogen (secondary N) is 1. The van der Waals surface area contributed by atoms with E-state index >= 15 is 0 Å². The number of hydrogen-bond acceptors (Lipinski definition) is 3. The number of hydrogen-bond donors (Lipinski definition) is 1. The first kappa shape index (κ1) is 15.9. The van der Waals surface area contributed by atoms with Gasteiger partial charge in [-0.15, -0.1) is 11.8 Å². The first-order valence-corrected chi connectivity index (χ1v) is 8.42. The zero-order chi connectivity index (χ0) is 16.8. The normalized spacial score (nSPS) is 12.0. The minimum atomic E-state index is -0.0216. The molecule has 3 heterocycles. The Balaban J connectivity index is 2.23. The van der Waals surface area contributed by atoms with Crippen LogP contribution in [0, 0.1) is 6.92 Å². The lowest BCUT2D eigenvalue weighted by Gasteiger charge is -2.18. The maximum Gasteiger partial charge on any atom is 0.274 e. The van der Waals surface area contributed by atoms with Crippen molar-refractivity contribution in [3.63, 3.8) is 0 Å². The zero-order valence-corrected chi connectivity index (χ0v) is 14.9. The maximum absolute atomic E-state index is 12.2. The van der Waals surface area contributed by atoms with Gasteiger partial charge in [-0.3, -0.25) is 4.79 Å². The highest BCUT2D eigenvalue weighted by Crippen LogP contribution is 2.34. The Morgan fingerprint density at radius 2 is 1.96 bits per heavy atom. The summed E-state index contributed by atoms with van der Waals surface area (Å²) in [4.78, 5) is 20.1. The smallest absolute Gasteiger partial charge is 0.274 e. The summed E-state index contributed by atoms with van der Waals surface area (Å²) in [6.45, 7) is 8.58. The topological polar surface area (TPSA) is 50.7 Å². The predicted octanol–water partition coefficient (Wildman–Crippen LogP) is 4.13. The molecule has 0 spiro atoms. The number of rotatable bonds is 2. The molecule has 120 valence electrons. The third-order valence-electron chi connectivity index (χ3n) is 3.63. The van der Waals surface area contributed by atoms with E-state index in [0.29, 0.717) is 5.52 Å². The van der Waals surface area contributed by atoms with Crippen LogP contribution in [-0.4, -0.2) is 19.3 Å². The third kappa shape index (κ3) is 3.06. The predicted molar refractivity (Wildman–Crippen MR) is 97.1 cm³/mol. The third-order valence-corrected chi connectivity index (χ3v) is 4.68. The van der Waals surface area contributed by atoms with Crippen LogP contribution >= 0.6 is 11.8 Å². The van der Waals surface area contributed by atoms with E-state index in [1.807, 2.05) is 12.3 Å². The fourth-order valence-corrected chi connectivity index (χ4v) is 3.51. The van der Waals surface area contributed by atoms with Gasteiger partial charge in [-0.2, -0.15) is 0 Å². The van der Waals surface area contributed by atoms with Crippen molar-refractivity contribution in [2.24, 2.45) is 7.05 Å². The molecule has 3 rings (SSSR count). The van der Waals surface area contributed by atoms with Crippen LogP contribution in [-0.2, 0) is 7.05 Å². The summed E-state index contributed by atoms with van der Waals surface area (Å²) in [6, 6.07) is 6.10. The van der Waals surface area contributed by atoms with Crippen LogP contribution in [0.15, 0.2) is 40.4 Å². The average molecular weight is 327 g/mol. The van der Waals surface area contributed by atoms with E-state index in [-0.39, 0.29) is 10.3 Å². The van der Waals surface area contributed by atoms with E-state index < -0.39 is 0 Å². The second-order valence-corrected chi connectivity index (χ2v) is 8.60. The summed E-state index contributed by atoms with van der Waals surface area (Å²) in [5.41, 5.74) is 3.62. The molecule has 1 N–H and O–H groups in total. The summed E-state index contributed by atoms with van der Waals surface area (Å²) in [5.74, 6) is 0. The lowest BCUT2D eigenvalue weighted by atomic mass is 10.1. The van der Waals surface area contributed by atoms with Gasteiger partial charge in [-0.05, 0) is 24.6 Å². The number of fused-ring (bicyclic) bond motifs is 1. The quantitative estimate of drug-likeness (QED) is 0.720. The summed E-state index contributed by atoms with van der Waals surface area (Å²) < 4.78 is 1.71. The Kier molecular flexibility index (Phi) is 3.84. The molecule has 3 aromatic heterocycles. The molecule has 0 radical (unpaired) electrons. The second-order valence-electron chi connectivity index (χ2n) is 6.75. The molecule has 0 bridgehead atoms. The molecule has 0 aliphatic carbocycles. The van der Waals surface area contributed by atoms with E-state index in [0.717, 1.165) is 27.2 Å². The van der Waals surface area contributed by atoms with E-state index in [9.17, 15) is 4.79 Å². The molecule has 4 nitrogen and oxygen atoms in total. The minimum Gasteiger partial charge on any atom is -0.357 e. The van der Waals surface area contributed by atoms with E-state index in [1.165, 1.54) is 0 Å². The fourth-order valence-electron chi connectivity index (χ4n) is 2.61. The molecule has 0 aliphatic heterocycles. The molecule has 0 saturated heterocycles. The Bertz CT molecular complexity index is 932. The second kappa shape index (κ2) is 5.57. The monoisotopic (exact) mass is 327 g/mol. The molecule has 0 amide bonds. The molecule has 0 unspecified atom stereocenters. The fraction of sp³-hybridized carbons (Fsp3) is 0.333.